The lowest BCUT2D eigenvalue weighted by atomic mass is 10.1. The Morgan fingerprint density at radius 2 is 1.88 bits per heavy atom. The molecule has 1 heterocycles. The normalized spacial score (nSPS) is 11.4. The van der Waals surface area contributed by atoms with E-state index >= 15 is 0 Å². The van der Waals surface area contributed by atoms with Crippen LogP contribution >= 0.6 is 0 Å². The smallest absolute Gasteiger partial charge is 0.361 e. The molecule has 0 bridgehead atoms. The second kappa shape index (κ2) is 6.22. The first-order valence-electron chi connectivity index (χ1n) is 6.07. The van der Waals surface area contributed by atoms with E-state index in [1.807, 2.05) is 5.32 Å². The first-order chi connectivity index (χ1) is 11.1. The molecule has 0 atom stereocenters. The SMILES string of the molecule is NC(=O)C(=O)NCc1ccc(-c2noc(C(F)(F)F)n2)c(F)c1F. The Hall–Kier alpha value is -3.05. The van der Waals surface area contributed by atoms with Gasteiger partial charge in [-0.05, 0) is 6.07 Å². The lowest BCUT2D eigenvalue weighted by Crippen LogP contribution is -2.35. The van der Waals surface area contributed by atoms with Gasteiger partial charge in [-0.25, -0.2) is 8.78 Å². The minimum absolute atomic E-state index is 0.370. The summed E-state index contributed by atoms with van der Waals surface area (Å²) in [5, 5.41) is 4.87. The number of alkyl halides is 3. The average Bonchev–Trinajstić information content (AvgIpc) is 2.98. The van der Waals surface area contributed by atoms with Crippen LogP contribution in [-0.4, -0.2) is 22.0 Å². The van der Waals surface area contributed by atoms with Gasteiger partial charge in [-0.3, -0.25) is 9.59 Å². The molecule has 0 aliphatic carbocycles. The molecule has 1 aromatic carbocycles. The third-order valence-electron chi connectivity index (χ3n) is 2.73. The van der Waals surface area contributed by atoms with Crippen molar-refractivity contribution >= 4 is 11.8 Å². The standard InChI is InChI=1S/C12H7F5N4O3/c13-6-4(3-19-10(23)8(18)22)1-2-5(7(6)14)9-20-11(24-21-9)12(15,16)17/h1-2H,3H2,(H2,18,22)(H,19,23). The van der Waals surface area contributed by atoms with E-state index in [9.17, 15) is 31.5 Å². The highest BCUT2D eigenvalue weighted by Crippen LogP contribution is 2.30. The van der Waals surface area contributed by atoms with Crippen molar-refractivity contribution in [2.24, 2.45) is 5.73 Å². The Balaban J connectivity index is 2.28. The molecule has 1 aromatic heterocycles. The number of carbonyl (C=O) groups excluding carboxylic acids is 2. The summed E-state index contributed by atoms with van der Waals surface area (Å²) in [4.78, 5) is 24.4. The summed E-state index contributed by atoms with van der Waals surface area (Å²) in [6.07, 6.45) is -4.93. The Bertz CT molecular complexity index is 802. The van der Waals surface area contributed by atoms with Crippen LogP contribution < -0.4 is 11.1 Å². The minimum atomic E-state index is -4.93. The average molecular weight is 350 g/mol. The molecule has 0 spiro atoms. The molecule has 3 N–H and O–H groups in total. The maximum Gasteiger partial charge on any atom is 0.471 e. The van der Waals surface area contributed by atoms with Crippen molar-refractivity contribution in [3.63, 3.8) is 0 Å². The van der Waals surface area contributed by atoms with Crippen molar-refractivity contribution < 1.29 is 36.1 Å². The summed E-state index contributed by atoms with van der Waals surface area (Å²) in [6.45, 7) is -0.565. The van der Waals surface area contributed by atoms with Crippen LogP contribution in [0.4, 0.5) is 22.0 Å². The predicted octanol–water partition coefficient (Wildman–Crippen LogP) is 1.14. The molecule has 0 fully saturated rings. The van der Waals surface area contributed by atoms with Gasteiger partial charge >= 0.3 is 23.9 Å². The van der Waals surface area contributed by atoms with E-state index in [-0.39, 0.29) is 5.56 Å². The van der Waals surface area contributed by atoms with E-state index in [1.165, 1.54) is 0 Å². The minimum Gasteiger partial charge on any atom is -0.361 e. The van der Waals surface area contributed by atoms with Crippen LogP contribution in [0.5, 0.6) is 0 Å². The van der Waals surface area contributed by atoms with E-state index < -0.39 is 53.4 Å². The van der Waals surface area contributed by atoms with Crippen LogP contribution in [0.25, 0.3) is 11.4 Å². The lowest BCUT2D eigenvalue weighted by Gasteiger charge is -2.07. The van der Waals surface area contributed by atoms with Gasteiger partial charge in [0.15, 0.2) is 11.6 Å². The van der Waals surface area contributed by atoms with Gasteiger partial charge < -0.3 is 15.6 Å². The maximum atomic E-state index is 14.0. The Labute approximate surface area is 129 Å². The van der Waals surface area contributed by atoms with Crippen LogP contribution in [0.1, 0.15) is 11.5 Å². The van der Waals surface area contributed by atoms with Crippen molar-refractivity contribution in [1.29, 1.82) is 0 Å². The fourth-order valence-corrected chi connectivity index (χ4v) is 1.61. The van der Waals surface area contributed by atoms with Gasteiger partial charge in [0.25, 0.3) is 0 Å². The lowest BCUT2D eigenvalue weighted by molar-refractivity contribution is -0.159. The first-order valence-corrected chi connectivity index (χ1v) is 6.07. The highest BCUT2D eigenvalue weighted by molar-refractivity contribution is 6.34. The number of carbonyl (C=O) groups is 2. The number of nitrogens with one attached hydrogen (secondary N) is 1. The number of amides is 2. The van der Waals surface area contributed by atoms with E-state index in [4.69, 9.17) is 0 Å². The van der Waals surface area contributed by atoms with Gasteiger partial charge in [-0.1, -0.05) is 11.2 Å². The van der Waals surface area contributed by atoms with E-state index in [2.05, 4.69) is 20.4 Å². The summed E-state index contributed by atoms with van der Waals surface area (Å²) in [5.41, 5.74) is 3.63. The van der Waals surface area contributed by atoms with Gasteiger partial charge in [0.05, 0.1) is 5.56 Å². The van der Waals surface area contributed by atoms with Gasteiger partial charge in [0.1, 0.15) is 0 Å². The summed E-state index contributed by atoms with van der Waals surface area (Å²) in [7, 11) is 0. The largest absolute Gasteiger partial charge is 0.471 e. The van der Waals surface area contributed by atoms with Crippen LogP contribution in [0.3, 0.4) is 0 Å². The first kappa shape index (κ1) is 17.3. The molecule has 0 radical (unpaired) electrons. The van der Waals surface area contributed by atoms with Gasteiger partial charge in [0, 0.05) is 12.1 Å². The molecule has 7 nitrogen and oxygen atoms in total. The van der Waals surface area contributed by atoms with Crippen LogP contribution in [0.15, 0.2) is 16.7 Å². The van der Waals surface area contributed by atoms with Gasteiger partial charge in [0.2, 0.25) is 5.82 Å². The summed E-state index contributed by atoms with van der Waals surface area (Å²) >= 11 is 0. The topological polar surface area (TPSA) is 111 Å². The zero-order chi connectivity index (χ0) is 18.1. The number of nitrogens with two attached hydrogens (primary N) is 1. The number of hydrogen-bond acceptors (Lipinski definition) is 5. The number of benzene rings is 1. The Kier molecular flexibility index (Phi) is 4.48. The fraction of sp³-hybridized carbons (Fsp3) is 0.167. The summed E-state index contributed by atoms with van der Waals surface area (Å²) < 4.78 is 68.9. The second-order valence-corrected chi connectivity index (χ2v) is 4.37. The number of nitrogens with zero attached hydrogens (tertiary/aromatic N) is 2. The third kappa shape index (κ3) is 3.47. The summed E-state index contributed by atoms with van der Waals surface area (Å²) in [6, 6.07) is 1.87. The molecule has 0 aliphatic rings. The molecule has 24 heavy (non-hydrogen) atoms. The molecule has 2 aromatic rings. The summed E-state index contributed by atoms with van der Waals surface area (Å²) in [5.74, 6) is -8.06. The van der Waals surface area contributed by atoms with Gasteiger partial charge in [-0.2, -0.15) is 18.2 Å². The maximum absolute atomic E-state index is 14.0. The number of hydrogen-bond donors (Lipinski definition) is 2. The monoisotopic (exact) mass is 350 g/mol. The van der Waals surface area contributed by atoms with E-state index in [1.54, 1.807) is 0 Å². The third-order valence-corrected chi connectivity index (χ3v) is 2.73. The van der Waals surface area contributed by atoms with Crippen molar-refractivity contribution in [1.82, 2.24) is 15.5 Å². The van der Waals surface area contributed by atoms with Crippen molar-refractivity contribution in [3.05, 3.63) is 35.2 Å². The molecule has 128 valence electrons. The Morgan fingerprint density at radius 1 is 1.21 bits per heavy atom. The second-order valence-electron chi connectivity index (χ2n) is 4.37. The molecule has 0 saturated carbocycles. The van der Waals surface area contributed by atoms with E-state index in [0.29, 0.717) is 0 Å². The van der Waals surface area contributed by atoms with Crippen molar-refractivity contribution in [2.45, 2.75) is 12.7 Å². The van der Waals surface area contributed by atoms with Crippen LogP contribution in [0, 0.1) is 11.6 Å². The van der Waals surface area contributed by atoms with Crippen LogP contribution in [0.2, 0.25) is 0 Å². The number of halogens is 5. The van der Waals surface area contributed by atoms with Crippen molar-refractivity contribution in [3.8, 4) is 11.4 Å². The molecule has 0 saturated heterocycles. The van der Waals surface area contributed by atoms with Crippen molar-refractivity contribution in [2.75, 3.05) is 0 Å². The Morgan fingerprint density at radius 3 is 2.42 bits per heavy atom. The molecule has 2 rings (SSSR count). The molecule has 12 heteroatoms. The molecule has 2 amide bonds. The zero-order valence-electron chi connectivity index (χ0n) is 11.4. The van der Waals surface area contributed by atoms with Crippen LogP contribution in [-0.2, 0) is 22.3 Å². The molecule has 0 aliphatic heterocycles. The van der Waals surface area contributed by atoms with E-state index in [0.717, 1.165) is 12.1 Å². The number of primary amides is 1. The molecule has 0 unspecified atom stereocenters. The van der Waals surface area contributed by atoms with Gasteiger partial charge in [-0.15, -0.1) is 0 Å². The molecular formula is C12H7F5N4O3. The highest BCUT2D eigenvalue weighted by atomic mass is 19.4. The number of aromatic nitrogens is 2. The highest BCUT2D eigenvalue weighted by Gasteiger charge is 2.38. The zero-order valence-corrected chi connectivity index (χ0v) is 11.4. The number of rotatable bonds is 3. The fourth-order valence-electron chi connectivity index (χ4n) is 1.61. The molecular weight excluding hydrogens is 343 g/mol. The predicted molar refractivity (Wildman–Crippen MR) is 65.7 cm³/mol. The quantitative estimate of drug-likeness (QED) is 0.637.